The van der Waals surface area contributed by atoms with Crippen molar-refractivity contribution in [3.63, 3.8) is 0 Å². The topological polar surface area (TPSA) is 44.8 Å². The maximum atomic E-state index is 12.9. The van der Waals surface area contributed by atoms with Crippen molar-refractivity contribution in [2.24, 2.45) is 0 Å². The quantitative estimate of drug-likeness (QED) is 0.587. The van der Waals surface area contributed by atoms with E-state index in [2.05, 4.69) is 14.2 Å². The van der Waals surface area contributed by atoms with E-state index < -0.39 is 43.7 Å². The summed E-state index contributed by atoms with van der Waals surface area (Å²) in [6, 6.07) is 0. The lowest BCUT2D eigenvalue weighted by molar-refractivity contribution is -0.346. The SMILES string of the molecule is O=C1OCC(C(F)(F)OCC(F)(F)C(F)(F)F)O1. The van der Waals surface area contributed by atoms with Crippen molar-refractivity contribution in [3.05, 3.63) is 0 Å². The lowest BCUT2D eigenvalue weighted by Gasteiger charge is -2.24. The molecule has 0 saturated carbocycles. The number of hydrogen-bond donors (Lipinski definition) is 0. The normalized spacial score (nSPS) is 21.7. The molecule has 0 amide bonds. The molecule has 1 atom stereocenters. The molecule has 0 aromatic rings. The number of alkyl halides is 7. The fourth-order valence-electron chi connectivity index (χ4n) is 0.855. The molecule has 0 aromatic carbocycles. The highest BCUT2D eigenvalue weighted by Gasteiger charge is 2.60. The third kappa shape index (κ3) is 3.15. The van der Waals surface area contributed by atoms with Crippen molar-refractivity contribution in [1.29, 1.82) is 0 Å². The number of hydrogen-bond acceptors (Lipinski definition) is 4. The number of ether oxygens (including phenoxy) is 3. The zero-order valence-electron chi connectivity index (χ0n) is 8.27. The predicted octanol–water partition coefficient (Wildman–Crippen LogP) is 2.33. The van der Waals surface area contributed by atoms with Gasteiger partial charge in [-0.2, -0.15) is 30.7 Å². The second-order valence-corrected chi connectivity index (χ2v) is 3.22. The average Bonchev–Trinajstić information content (AvgIpc) is 2.61. The minimum absolute atomic E-state index is 1.01. The van der Waals surface area contributed by atoms with Crippen LogP contribution in [-0.2, 0) is 14.2 Å². The molecular weight excluding hydrogens is 281 g/mol. The number of carbonyl (C=O) groups is 1. The molecule has 11 heteroatoms. The van der Waals surface area contributed by atoms with E-state index in [1.807, 2.05) is 0 Å². The summed E-state index contributed by atoms with van der Waals surface area (Å²) >= 11 is 0. The van der Waals surface area contributed by atoms with Crippen LogP contribution in [0, 0.1) is 0 Å². The summed E-state index contributed by atoms with van der Waals surface area (Å²) in [5, 5.41) is 0. The highest BCUT2D eigenvalue weighted by molar-refractivity contribution is 5.61. The van der Waals surface area contributed by atoms with Gasteiger partial charge in [-0.3, -0.25) is 0 Å². The van der Waals surface area contributed by atoms with Crippen molar-refractivity contribution < 1.29 is 49.7 Å². The fourth-order valence-corrected chi connectivity index (χ4v) is 0.855. The van der Waals surface area contributed by atoms with Crippen LogP contribution < -0.4 is 0 Å². The van der Waals surface area contributed by atoms with Crippen LogP contribution in [0.5, 0.6) is 0 Å². The van der Waals surface area contributed by atoms with E-state index in [1.54, 1.807) is 0 Å². The van der Waals surface area contributed by atoms with Crippen molar-refractivity contribution >= 4 is 6.16 Å². The molecule has 1 saturated heterocycles. The molecule has 1 aliphatic heterocycles. The smallest absolute Gasteiger partial charge is 0.430 e. The van der Waals surface area contributed by atoms with Crippen LogP contribution in [0.25, 0.3) is 0 Å². The summed E-state index contributed by atoms with van der Waals surface area (Å²) in [5.74, 6) is -5.44. The van der Waals surface area contributed by atoms with Crippen LogP contribution in [0.1, 0.15) is 0 Å². The average molecular weight is 286 g/mol. The molecule has 18 heavy (non-hydrogen) atoms. The van der Waals surface area contributed by atoms with E-state index in [0.717, 1.165) is 0 Å². The van der Waals surface area contributed by atoms with Crippen molar-refractivity contribution in [2.45, 2.75) is 24.3 Å². The van der Waals surface area contributed by atoms with Gasteiger partial charge in [0.1, 0.15) is 13.2 Å². The van der Waals surface area contributed by atoms with Crippen LogP contribution in [0.3, 0.4) is 0 Å². The van der Waals surface area contributed by atoms with E-state index in [1.165, 1.54) is 0 Å². The monoisotopic (exact) mass is 286 g/mol. The van der Waals surface area contributed by atoms with E-state index in [0.29, 0.717) is 0 Å². The number of cyclic esters (lactones) is 2. The minimum atomic E-state index is -6.02. The predicted molar refractivity (Wildman–Crippen MR) is 38.1 cm³/mol. The Kier molecular flexibility index (Phi) is 3.65. The number of halogens is 7. The summed E-state index contributed by atoms with van der Waals surface area (Å²) in [7, 11) is 0. The van der Waals surface area contributed by atoms with Crippen LogP contribution in [0.15, 0.2) is 0 Å². The first-order chi connectivity index (χ1) is 7.96. The van der Waals surface area contributed by atoms with Crippen LogP contribution in [0.4, 0.5) is 35.5 Å². The first kappa shape index (κ1) is 14.8. The number of rotatable bonds is 4. The zero-order valence-corrected chi connectivity index (χ0v) is 8.27. The summed E-state index contributed by atoms with van der Waals surface area (Å²) in [6.07, 6.45) is -14.4. The van der Waals surface area contributed by atoms with Gasteiger partial charge in [0, 0.05) is 0 Å². The Balaban J connectivity index is 2.59. The number of carbonyl (C=O) groups excluding carboxylic acids is 1. The largest absolute Gasteiger partial charge is 0.509 e. The molecule has 0 radical (unpaired) electrons. The molecule has 0 bridgehead atoms. The first-order valence-electron chi connectivity index (χ1n) is 4.25. The van der Waals surface area contributed by atoms with E-state index in [-0.39, 0.29) is 0 Å². The van der Waals surface area contributed by atoms with Gasteiger partial charge in [-0.1, -0.05) is 0 Å². The summed E-state index contributed by atoms with van der Waals surface area (Å²) in [5.41, 5.74) is 0. The second kappa shape index (κ2) is 4.44. The lowest BCUT2D eigenvalue weighted by atomic mass is 10.3. The Bertz CT molecular complexity index is 326. The van der Waals surface area contributed by atoms with Gasteiger partial charge in [0.05, 0.1) is 0 Å². The van der Waals surface area contributed by atoms with E-state index >= 15 is 0 Å². The first-order valence-corrected chi connectivity index (χ1v) is 4.25. The molecule has 0 aliphatic carbocycles. The Morgan fingerprint density at radius 2 is 1.72 bits per heavy atom. The molecule has 1 fully saturated rings. The zero-order chi connectivity index (χ0) is 14.2. The van der Waals surface area contributed by atoms with Gasteiger partial charge < -0.3 is 14.2 Å². The second-order valence-electron chi connectivity index (χ2n) is 3.22. The third-order valence-corrected chi connectivity index (χ3v) is 1.83. The highest BCUT2D eigenvalue weighted by atomic mass is 19.4. The summed E-state index contributed by atoms with van der Waals surface area (Å²) in [4.78, 5) is 10.3. The summed E-state index contributed by atoms with van der Waals surface area (Å²) in [6.45, 7) is -3.61. The molecule has 1 unspecified atom stereocenters. The van der Waals surface area contributed by atoms with E-state index in [9.17, 15) is 35.5 Å². The Morgan fingerprint density at radius 3 is 2.11 bits per heavy atom. The fraction of sp³-hybridized carbons (Fsp3) is 0.857. The van der Waals surface area contributed by atoms with Gasteiger partial charge >= 0.3 is 24.4 Å². The third-order valence-electron chi connectivity index (χ3n) is 1.83. The van der Waals surface area contributed by atoms with Crippen LogP contribution in [0.2, 0.25) is 0 Å². The maximum Gasteiger partial charge on any atom is 0.509 e. The van der Waals surface area contributed by atoms with Crippen molar-refractivity contribution in [1.82, 2.24) is 0 Å². The van der Waals surface area contributed by atoms with Crippen molar-refractivity contribution in [3.8, 4) is 0 Å². The summed E-state index contributed by atoms with van der Waals surface area (Å²) < 4.78 is 96.4. The highest BCUT2D eigenvalue weighted by Crippen LogP contribution is 2.37. The van der Waals surface area contributed by atoms with Crippen molar-refractivity contribution in [2.75, 3.05) is 13.2 Å². The molecule has 0 N–H and O–H groups in total. The minimum Gasteiger partial charge on any atom is -0.430 e. The molecule has 4 nitrogen and oxygen atoms in total. The molecule has 106 valence electrons. The Hall–Kier alpha value is -1.26. The van der Waals surface area contributed by atoms with Gasteiger partial charge in [0.2, 0.25) is 6.10 Å². The lowest BCUT2D eigenvalue weighted by Crippen LogP contribution is -2.46. The maximum absolute atomic E-state index is 12.9. The molecule has 0 spiro atoms. The molecule has 0 aromatic heterocycles. The molecule has 1 aliphatic rings. The molecular formula is C7H5F7O4. The Labute approximate surface area is 94.6 Å². The van der Waals surface area contributed by atoms with Gasteiger partial charge in [-0.25, -0.2) is 4.79 Å². The van der Waals surface area contributed by atoms with Gasteiger partial charge in [-0.05, 0) is 0 Å². The van der Waals surface area contributed by atoms with Crippen LogP contribution in [-0.4, -0.2) is 43.7 Å². The van der Waals surface area contributed by atoms with E-state index in [4.69, 9.17) is 0 Å². The standard InChI is InChI=1S/C7H5F7O4/c8-5(9,7(12,13)14)2-17-6(10,11)3-1-16-4(15)18-3/h3H,1-2H2. The Morgan fingerprint density at radius 1 is 1.17 bits per heavy atom. The van der Waals surface area contributed by atoms with Gasteiger partial charge in [0.15, 0.2) is 0 Å². The van der Waals surface area contributed by atoms with Gasteiger partial charge in [-0.15, -0.1) is 0 Å². The molecule has 1 rings (SSSR count). The van der Waals surface area contributed by atoms with Gasteiger partial charge in [0.25, 0.3) is 0 Å². The molecule has 1 heterocycles. The van der Waals surface area contributed by atoms with Crippen LogP contribution >= 0.6 is 0 Å².